The standard InChI is InChI=1S/C27H25BrF2N2O2/c28-19-9-16-3-1-2-4-21(16)17(10-19)14-32(20-5-6-20)26(33)23-13-31-8-7-27(23)22-12-25(30)24(29)11-18(22)15-34-27/h1-4,9-12,20,23,31H,5-8,13-15H2/t23-,27+/m1/s1. The van der Waals surface area contributed by atoms with Crippen molar-refractivity contribution >= 4 is 32.6 Å². The van der Waals surface area contributed by atoms with E-state index in [1.807, 2.05) is 17.0 Å². The van der Waals surface area contributed by atoms with Gasteiger partial charge in [-0.25, -0.2) is 8.78 Å². The van der Waals surface area contributed by atoms with Crippen LogP contribution in [-0.2, 0) is 28.3 Å². The predicted molar refractivity (Wildman–Crippen MR) is 129 cm³/mol. The van der Waals surface area contributed by atoms with Crippen LogP contribution >= 0.6 is 15.9 Å². The maximum absolute atomic E-state index is 14.3. The van der Waals surface area contributed by atoms with E-state index in [4.69, 9.17) is 4.74 Å². The molecule has 2 heterocycles. The van der Waals surface area contributed by atoms with Gasteiger partial charge in [-0.05, 0) is 77.5 Å². The zero-order valence-corrected chi connectivity index (χ0v) is 20.2. The number of halogens is 3. The van der Waals surface area contributed by atoms with Crippen LogP contribution in [0.2, 0.25) is 0 Å². The molecule has 34 heavy (non-hydrogen) atoms. The predicted octanol–water partition coefficient (Wildman–Crippen LogP) is 5.41. The lowest BCUT2D eigenvalue weighted by molar-refractivity contribution is -0.157. The normalized spacial score (nSPS) is 23.9. The van der Waals surface area contributed by atoms with Gasteiger partial charge in [0.25, 0.3) is 0 Å². The topological polar surface area (TPSA) is 41.6 Å². The molecule has 1 N–H and O–H groups in total. The highest BCUT2D eigenvalue weighted by Gasteiger charge is 2.53. The number of hydrogen-bond donors (Lipinski definition) is 1. The third-order valence-electron chi connectivity index (χ3n) is 7.49. The van der Waals surface area contributed by atoms with Gasteiger partial charge in [-0.1, -0.05) is 40.2 Å². The summed E-state index contributed by atoms with van der Waals surface area (Å²) in [4.78, 5) is 16.1. The molecule has 1 saturated heterocycles. The second-order valence-electron chi connectivity index (χ2n) is 9.59. The number of carbonyl (C=O) groups is 1. The summed E-state index contributed by atoms with van der Waals surface area (Å²) in [6.45, 7) is 1.79. The number of nitrogens with one attached hydrogen (secondary N) is 1. The summed E-state index contributed by atoms with van der Waals surface area (Å²) in [7, 11) is 0. The van der Waals surface area contributed by atoms with Gasteiger partial charge in [0.15, 0.2) is 11.6 Å². The molecule has 2 atom stereocenters. The van der Waals surface area contributed by atoms with Crippen molar-refractivity contribution < 1.29 is 18.3 Å². The minimum absolute atomic E-state index is 0.0105. The average molecular weight is 527 g/mol. The van der Waals surface area contributed by atoms with Gasteiger partial charge in [0, 0.05) is 23.6 Å². The van der Waals surface area contributed by atoms with Crippen LogP contribution in [0.5, 0.6) is 0 Å². The Bertz CT molecular complexity index is 1300. The van der Waals surface area contributed by atoms with Crippen LogP contribution in [0, 0.1) is 17.6 Å². The van der Waals surface area contributed by atoms with Crippen molar-refractivity contribution in [3.63, 3.8) is 0 Å². The highest BCUT2D eigenvalue weighted by atomic mass is 79.9. The van der Waals surface area contributed by atoms with E-state index in [9.17, 15) is 13.6 Å². The largest absolute Gasteiger partial charge is 0.365 e. The Hall–Kier alpha value is -2.35. The van der Waals surface area contributed by atoms with Crippen LogP contribution in [-0.4, -0.2) is 29.9 Å². The van der Waals surface area contributed by atoms with Gasteiger partial charge in [0.2, 0.25) is 5.91 Å². The van der Waals surface area contributed by atoms with Gasteiger partial charge in [-0.2, -0.15) is 0 Å². The molecule has 2 fully saturated rings. The Morgan fingerprint density at radius 3 is 2.76 bits per heavy atom. The van der Waals surface area contributed by atoms with E-state index in [-0.39, 0.29) is 18.6 Å². The molecule has 6 rings (SSSR count). The first-order chi connectivity index (χ1) is 16.5. The fourth-order valence-electron chi connectivity index (χ4n) is 5.66. The minimum Gasteiger partial charge on any atom is -0.365 e. The summed E-state index contributed by atoms with van der Waals surface area (Å²) < 4.78 is 35.4. The monoisotopic (exact) mass is 526 g/mol. The molecule has 0 radical (unpaired) electrons. The Morgan fingerprint density at radius 1 is 1.15 bits per heavy atom. The van der Waals surface area contributed by atoms with Crippen molar-refractivity contribution in [2.75, 3.05) is 13.1 Å². The number of carbonyl (C=O) groups excluding carboxylic acids is 1. The third-order valence-corrected chi connectivity index (χ3v) is 7.95. The third kappa shape index (κ3) is 3.65. The van der Waals surface area contributed by atoms with Gasteiger partial charge < -0.3 is 15.0 Å². The van der Waals surface area contributed by atoms with Crippen LogP contribution < -0.4 is 5.32 Å². The van der Waals surface area contributed by atoms with E-state index in [0.29, 0.717) is 37.2 Å². The van der Waals surface area contributed by atoms with Crippen LogP contribution in [0.3, 0.4) is 0 Å². The van der Waals surface area contributed by atoms with E-state index < -0.39 is 23.2 Å². The van der Waals surface area contributed by atoms with E-state index >= 15 is 0 Å². The summed E-state index contributed by atoms with van der Waals surface area (Å²) >= 11 is 3.62. The number of rotatable bonds is 4. The number of ether oxygens (including phenoxy) is 1. The summed E-state index contributed by atoms with van der Waals surface area (Å²) in [6, 6.07) is 15.0. The second kappa shape index (κ2) is 8.40. The maximum Gasteiger partial charge on any atom is 0.230 e. The molecule has 0 unspecified atom stereocenters. The molecular weight excluding hydrogens is 502 g/mol. The van der Waals surface area contributed by atoms with Gasteiger partial charge >= 0.3 is 0 Å². The maximum atomic E-state index is 14.3. The summed E-state index contributed by atoms with van der Waals surface area (Å²) in [6.07, 6.45) is 2.49. The summed E-state index contributed by atoms with van der Waals surface area (Å²) in [5.41, 5.74) is 1.41. The van der Waals surface area contributed by atoms with E-state index in [0.717, 1.165) is 33.7 Å². The number of fused-ring (bicyclic) bond motifs is 3. The molecule has 176 valence electrons. The molecule has 1 saturated carbocycles. The highest BCUT2D eigenvalue weighted by Crippen LogP contribution is 2.48. The van der Waals surface area contributed by atoms with Crippen molar-refractivity contribution in [1.29, 1.82) is 0 Å². The summed E-state index contributed by atoms with van der Waals surface area (Å²) in [5.74, 6) is -2.27. The first-order valence-electron chi connectivity index (χ1n) is 11.8. The lowest BCUT2D eigenvalue weighted by atomic mass is 9.75. The van der Waals surface area contributed by atoms with Gasteiger partial charge in [-0.15, -0.1) is 0 Å². The van der Waals surface area contributed by atoms with Crippen molar-refractivity contribution in [3.8, 4) is 0 Å². The van der Waals surface area contributed by atoms with Crippen molar-refractivity contribution in [2.45, 2.75) is 44.1 Å². The van der Waals surface area contributed by atoms with Crippen LogP contribution in [0.15, 0.2) is 53.0 Å². The first-order valence-corrected chi connectivity index (χ1v) is 12.6. The Morgan fingerprint density at radius 2 is 1.94 bits per heavy atom. The van der Waals surface area contributed by atoms with E-state index in [1.54, 1.807) is 0 Å². The smallest absolute Gasteiger partial charge is 0.230 e. The lowest BCUT2D eigenvalue weighted by Gasteiger charge is -2.43. The zero-order valence-electron chi connectivity index (χ0n) is 18.6. The Balaban J connectivity index is 1.38. The molecule has 3 aromatic carbocycles. The van der Waals surface area contributed by atoms with E-state index in [2.05, 4.69) is 45.5 Å². The number of benzene rings is 3. The molecule has 3 aromatic rings. The van der Waals surface area contributed by atoms with Gasteiger partial charge in [0.1, 0.15) is 5.60 Å². The molecular formula is C27H25BrF2N2O2. The van der Waals surface area contributed by atoms with Gasteiger partial charge in [0.05, 0.1) is 12.5 Å². The molecule has 1 spiro atoms. The van der Waals surface area contributed by atoms with Crippen LogP contribution in [0.4, 0.5) is 8.78 Å². The fourth-order valence-corrected chi connectivity index (χ4v) is 6.19. The van der Waals surface area contributed by atoms with Crippen molar-refractivity contribution in [1.82, 2.24) is 10.2 Å². The molecule has 2 aliphatic heterocycles. The molecule has 1 amide bonds. The van der Waals surface area contributed by atoms with Gasteiger partial charge in [-0.3, -0.25) is 4.79 Å². The van der Waals surface area contributed by atoms with Crippen LogP contribution in [0.25, 0.3) is 10.8 Å². The Kier molecular flexibility index (Phi) is 5.47. The second-order valence-corrected chi connectivity index (χ2v) is 10.5. The average Bonchev–Trinajstić information content (AvgIpc) is 3.62. The number of amides is 1. The molecule has 0 bridgehead atoms. The minimum atomic E-state index is -0.932. The van der Waals surface area contributed by atoms with Crippen molar-refractivity contribution in [3.05, 3.63) is 81.3 Å². The summed E-state index contributed by atoms with van der Waals surface area (Å²) in [5, 5.41) is 5.59. The SMILES string of the molecule is O=C([C@H]1CNCC[C@@]12OCc1cc(F)c(F)cc12)N(Cc1cc(Br)cc2ccccc12)C1CC1. The Labute approximate surface area is 205 Å². The molecule has 3 aliphatic rings. The first kappa shape index (κ1) is 22.1. The van der Waals surface area contributed by atoms with Crippen LogP contribution in [0.1, 0.15) is 36.0 Å². The number of hydrogen-bond acceptors (Lipinski definition) is 3. The molecule has 7 heteroatoms. The molecule has 0 aromatic heterocycles. The molecule has 1 aliphatic carbocycles. The highest BCUT2D eigenvalue weighted by molar-refractivity contribution is 9.10. The molecule has 4 nitrogen and oxygen atoms in total. The lowest BCUT2D eigenvalue weighted by Crippen LogP contribution is -2.55. The fraction of sp³-hybridized carbons (Fsp3) is 0.370. The van der Waals surface area contributed by atoms with Crippen molar-refractivity contribution in [2.24, 2.45) is 5.92 Å². The number of nitrogens with zero attached hydrogens (tertiary/aromatic N) is 1. The zero-order chi connectivity index (χ0) is 23.4. The number of piperidine rings is 1. The van der Waals surface area contributed by atoms with E-state index in [1.165, 1.54) is 12.1 Å². The quantitative estimate of drug-likeness (QED) is 0.494.